The maximum atomic E-state index is 14.4. The van der Waals surface area contributed by atoms with Crippen molar-refractivity contribution in [3.05, 3.63) is 17.2 Å². The number of halogens is 2. The highest BCUT2D eigenvalue weighted by Crippen LogP contribution is 2.35. The van der Waals surface area contributed by atoms with E-state index in [2.05, 4.69) is 10.3 Å². The molecule has 2 rings (SSSR count). The molecule has 0 spiro atoms. The van der Waals surface area contributed by atoms with Gasteiger partial charge in [-0.3, -0.25) is 0 Å². The highest BCUT2D eigenvalue weighted by Gasteiger charge is 2.36. The first kappa shape index (κ1) is 9.93. The molecular formula is C9H13ClFN3. The number of piperidine rings is 1. The minimum absolute atomic E-state index is 0.343. The average Bonchev–Trinajstić information content (AvgIpc) is 2.49. The Labute approximate surface area is 87.3 Å². The van der Waals surface area contributed by atoms with E-state index in [1.807, 2.05) is 0 Å². The summed E-state index contributed by atoms with van der Waals surface area (Å²) in [5.41, 5.74) is -0.677. The van der Waals surface area contributed by atoms with Crippen molar-refractivity contribution < 1.29 is 4.39 Å². The van der Waals surface area contributed by atoms with Crippen molar-refractivity contribution >= 4 is 11.6 Å². The largest absolute Gasteiger partial charge is 0.319 e. The molecule has 0 radical (unpaired) electrons. The quantitative estimate of drug-likeness (QED) is 0.775. The molecule has 3 nitrogen and oxygen atoms in total. The van der Waals surface area contributed by atoms with Crippen LogP contribution in [0.25, 0.3) is 0 Å². The second kappa shape index (κ2) is 3.51. The Kier molecular flexibility index (Phi) is 2.49. The first-order chi connectivity index (χ1) is 6.63. The van der Waals surface area contributed by atoms with E-state index in [4.69, 9.17) is 11.6 Å². The van der Waals surface area contributed by atoms with Gasteiger partial charge in [-0.15, -0.1) is 0 Å². The van der Waals surface area contributed by atoms with E-state index >= 15 is 0 Å². The van der Waals surface area contributed by atoms with E-state index in [-0.39, 0.29) is 0 Å². The fraction of sp³-hybridized carbons (Fsp3) is 0.667. The van der Waals surface area contributed by atoms with Crippen molar-refractivity contribution in [2.45, 2.75) is 18.5 Å². The lowest BCUT2D eigenvalue weighted by Crippen LogP contribution is -2.37. The highest BCUT2D eigenvalue weighted by atomic mass is 35.5. The van der Waals surface area contributed by atoms with Gasteiger partial charge in [0.25, 0.3) is 0 Å². The van der Waals surface area contributed by atoms with Gasteiger partial charge in [-0.05, 0) is 37.5 Å². The van der Waals surface area contributed by atoms with Crippen molar-refractivity contribution in [1.29, 1.82) is 0 Å². The molecule has 0 atom stereocenters. The van der Waals surface area contributed by atoms with Crippen LogP contribution in [0, 0.1) is 0 Å². The molecule has 0 aromatic carbocycles. The smallest absolute Gasteiger partial charge is 0.202 e. The first-order valence-electron chi connectivity index (χ1n) is 4.71. The van der Waals surface area contributed by atoms with Crippen molar-refractivity contribution in [1.82, 2.24) is 14.9 Å². The second-order valence-corrected chi connectivity index (χ2v) is 4.02. The molecule has 14 heavy (non-hydrogen) atoms. The number of nitrogens with zero attached hydrogens (tertiary/aromatic N) is 2. The van der Waals surface area contributed by atoms with Crippen molar-refractivity contribution in [2.75, 3.05) is 13.1 Å². The van der Waals surface area contributed by atoms with E-state index in [0.717, 1.165) is 0 Å². The highest BCUT2D eigenvalue weighted by molar-refractivity contribution is 6.28. The van der Waals surface area contributed by atoms with Crippen molar-refractivity contribution in [3.63, 3.8) is 0 Å². The first-order valence-corrected chi connectivity index (χ1v) is 5.09. The Bertz CT molecular complexity index is 331. The van der Waals surface area contributed by atoms with Crippen LogP contribution in [-0.2, 0) is 12.7 Å². The molecule has 0 amide bonds. The lowest BCUT2D eigenvalue weighted by molar-refractivity contribution is 0.106. The van der Waals surface area contributed by atoms with Gasteiger partial charge in [0.1, 0.15) is 0 Å². The van der Waals surface area contributed by atoms with E-state index in [1.165, 1.54) is 6.20 Å². The van der Waals surface area contributed by atoms with E-state index in [9.17, 15) is 4.39 Å². The van der Waals surface area contributed by atoms with Gasteiger partial charge >= 0.3 is 0 Å². The minimum Gasteiger partial charge on any atom is -0.319 e. The third kappa shape index (κ3) is 1.53. The Morgan fingerprint density at radius 3 is 2.71 bits per heavy atom. The standard InChI is InChI=1S/C9H13ClFN3/c1-14-7(6-13-8(14)10)9(11)2-4-12-5-3-9/h6,12H,2-5H2,1H3. The SMILES string of the molecule is Cn1c(C2(F)CCNCC2)cnc1Cl. The Balaban J connectivity index is 2.32. The number of rotatable bonds is 1. The van der Waals surface area contributed by atoms with Crippen LogP contribution in [0.15, 0.2) is 6.20 Å². The summed E-state index contributed by atoms with van der Waals surface area (Å²) in [6.45, 7) is 1.42. The van der Waals surface area contributed by atoms with Crippen LogP contribution in [0.2, 0.25) is 5.28 Å². The van der Waals surface area contributed by atoms with E-state index in [0.29, 0.717) is 36.9 Å². The van der Waals surface area contributed by atoms with Crippen LogP contribution < -0.4 is 5.32 Å². The lowest BCUT2D eigenvalue weighted by atomic mass is 9.91. The number of aromatic nitrogens is 2. The summed E-state index contributed by atoms with van der Waals surface area (Å²) in [4.78, 5) is 3.90. The zero-order chi connectivity index (χ0) is 10.2. The van der Waals surface area contributed by atoms with Crippen LogP contribution >= 0.6 is 11.6 Å². The molecule has 1 aromatic rings. The molecule has 1 saturated heterocycles. The Hall–Kier alpha value is -0.610. The molecule has 0 bridgehead atoms. The molecule has 5 heteroatoms. The fourth-order valence-corrected chi connectivity index (χ4v) is 2.02. The van der Waals surface area contributed by atoms with Gasteiger partial charge in [-0.25, -0.2) is 9.37 Å². The lowest BCUT2D eigenvalue weighted by Gasteiger charge is -2.30. The van der Waals surface area contributed by atoms with Crippen LogP contribution in [0.1, 0.15) is 18.5 Å². The number of hydrogen-bond acceptors (Lipinski definition) is 2. The zero-order valence-corrected chi connectivity index (χ0v) is 8.81. The summed E-state index contributed by atoms with van der Waals surface area (Å²) in [6.07, 6.45) is 2.51. The molecule has 1 aliphatic rings. The van der Waals surface area contributed by atoms with Crippen LogP contribution in [0.3, 0.4) is 0 Å². The number of alkyl halides is 1. The maximum Gasteiger partial charge on any atom is 0.202 e. The summed E-state index contributed by atoms with van der Waals surface area (Å²) in [7, 11) is 1.74. The number of hydrogen-bond donors (Lipinski definition) is 1. The molecule has 1 fully saturated rings. The van der Waals surface area contributed by atoms with Gasteiger partial charge in [-0.2, -0.15) is 0 Å². The summed E-state index contributed by atoms with van der Waals surface area (Å²) >= 11 is 5.78. The van der Waals surface area contributed by atoms with Gasteiger partial charge in [0.05, 0.1) is 11.9 Å². The fourth-order valence-electron chi connectivity index (χ4n) is 1.88. The van der Waals surface area contributed by atoms with Gasteiger partial charge in [-0.1, -0.05) is 0 Å². The van der Waals surface area contributed by atoms with Gasteiger partial charge in [0.15, 0.2) is 5.67 Å². The van der Waals surface area contributed by atoms with Crippen LogP contribution in [0.5, 0.6) is 0 Å². The second-order valence-electron chi connectivity index (χ2n) is 3.69. The zero-order valence-electron chi connectivity index (χ0n) is 8.06. The van der Waals surface area contributed by atoms with E-state index in [1.54, 1.807) is 11.6 Å². The average molecular weight is 218 g/mol. The predicted molar refractivity (Wildman–Crippen MR) is 53.1 cm³/mol. The molecule has 1 N–H and O–H groups in total. The molecular weight excluding hydrogens is 205 g/mol. The van der Waals surface area contributed by atoms with Gasteiger partial charge in [0.2, 0.25) is 5.28 Å². The molecule has 1 aliphatic heterocycles. The summed E-state index contributed by atoms with van der Waals surface area (Å²) in [5.74, 6) is 0. The van der Waals surface area contributed by atoms with Crippen LogP contribution in [0.4, 0.5) is 4.39 Å². The number of imidazole rings is 1. The predicted octanol–water partition coefficient (Wildman–Crippen LogP) is 1.62. The van der Waals surface area contributed by atoms with E-state index < -0.39 is 5.67 Å². The molecule has 2 heterocycles. The third-order valence-electron chi connectivity index (χ3n) is 2.79. The Morgan fingerprint density at radius 2 is 2.21 bits per heavy atom. The summed E-state index contributed by atoms with van der Waals surface area (Å²) in [5, 5.41) is 3.48. The van der Waals surface area contributed by atoms with Crippen molar-refractivity contribution in [2.24, 2.45) is 7.05 Å². The van der Waals surface area contributed by atoms with Gasteiger partial charge < -0.3 is 9.88 Å². The molecule has 1 aromatic heterocycles. The third-order valence-corrected chi connectivity index (χ3v) is 3.14. The van der Waals surface area contributed by atoms with Crippen molar-refractivity contribution in [3.8, 4) is 0 Å². The maximum absolute atomic E-state index is 14.4. The molecule has 0 aliphatic carbocycles. The molecule has 78 valence electrons. The minimum atomic E-state index is -1.26. The Morgan fingerprint density at radius 1 is 1.57 bits per heavy atom. The normalized spacial score (nSPS) is 21.1. The van der Waals surface area contributed by atoms with Gasteiger partial charge in [0, 0.05) is 7.05 Å². The summed E-state index contributed by atoms with van der Waals surface area (Å²) < 4.78 is 16.0. The monoisotopic (exact) mass is 217 g/mol. The topological polar surface area (TPSA) is 29.9 Å². The molecule has 0 saturated carbocycles. The number of nitrogens with one attached hydrogen (secondary N) is 1. The molecule has 0 unspecified atom stereocenters. The summed E-state index contributed by atoms with van der Waals surface area (Å²) in [6, 6.07) is 0. The van der Waals surface area contributed by atoms with Crippen LogP contribution in [-0.4, -0.2) is 22.6 Å².